The minimum Gasteiger partial charge on any atom is -0.379 e. The van der Waals surface area contributed by atoms with Crippen LogP contribution in [0.25, 0.3) is 0 Å². The molecular weight excluding hydrogens is 435 g/mol. The van der Waals surface area contributed by atoms with Crippen LogP contribution in [0.5, 0.6) is 0 Å². The van der Waals surface area contributed by atoms with Crippen LogP contribution in [-0.2, 0) is 14.8 Å². The lowest BCUT2D eigenvalue weighted by atomic mass is 10.1. The summed E-state index contributed by atoms with van der Waals surface area (Å²) in [6, 6.07) is 9.32. The van der Waals surface area contributed by atoms with Gasteiger partial charge in [0.1, 0.15) is 5.82 Å². The number of morpholine rings is 1. The molecule has 3 rings (SSSR count). The number of rotatable bonds is 9. The van der Waals surface area contributed by atoms with Crippen molar-refractivity contribution in [1.29, 1.82) is 0 Å². The molecule has 1 amide bonds. The number of ether oxygens (including phenoxy) is 1. The lowest BCUT2D eigenvalue weighted by molar-refractivity contribution is 0.0374. The molecule has 1 heterocycles. The highest BCUT2D eigenvalue weighted by Crippen LogP contribution is 2.25. The first-order chi connectivity index (χ1) is 15.3. The highest BCUT2D eigenvalue weighted by Gasteiger charge is 2.18. The Hall–Kier alpha value is -2.69. The summed E-state index contributed by atoms with van der Waals surface area (Å²) in [6.07, 6.45) is 0.805. The van der Waals surface area contributed by atoms with Crippen molar-refractivity contribution in [3.8, 4) is 0 Å². The van der Waals surface area contributed by atoms with Gasteiger partial charge in [0, 0.05) is 45.1 Å². The zero-order chi connectivity index (χ0) is 23.1. The van der Waals surface area contributed by atoms with E-state index in [2.05, 4.69) is 14.9 Å². The number of hydrogen-bond acceptors (Lipinski definition) is 6. The second-order valence-corrected chi connectivity index (χ2v) is 9.43. The Balaban J connectivity index is 1.68. The first-order valence-electron chi connectivity index (χ1n) is 10.4. The number of hydrogen-bond donors (Lipinski definition) is 2. The van der Waals surface area contributed by atoms with Crippen LogP contribution in [-0.4, -0.2) is 72.7 Å². The summed E-state index contributed by atoms with van der Waals surface area (Å²) in [4.78, 5) is 16.9. The molecule has 2 aromatic rings. The summed E-state index contributed by atoms with van der Waals surface area (Å²) in [6.45, 7) is 4.65. The molecule has 0 radical (unpaired) electrons. The lowest BCUT2D eigenvalue weighted by Crippen LogP contribution is -2.38. The van der Waals surface area contributed by atoms with E-state index in [-0.39, 0.29) is 16.5 Å². The van der Waals surface area contributed by atoms with Crippen LogP contribution in [0.1, 0.15) is 16.8 Å². The van der Waals surface area contributed by atoms with Crippen molar-refractivity contribution in [2.45, 2.75) is 11.3 Å². The molecule has 0 saturated carbocycles. The van der Waals surface area contributed by atoms with Gasteiger partial charge in [-0.2, -0.15) is 0 Å². The van der Waals surface area contributed by atoms with Gasteiger partial charge in [-0.3, -0.25) is 14.4 Å². The normalized spacial score (nSPS) is 14.7. The van der Waals surface area contributed by atoms with Crippen LogP contribution in [0.15, 0.2) is 47.4 Å². The first-order valence-corrected chi connectivity index (χ1v) is 11.9. The molecule has 2 N–H and O–H groups in total. The molecule has 0 spiro atoms. The average Bonchev–Trinajstić information content (AvgIpc) is 2.77. The van der Waals surface area contributed by atoms with Crippen LogP contribution >= 0.6 is 0 Å². The molecular formula is C22H29FN4O4S. The molecule has 1 fully saturated rings. The predicted molar refractivity (Wildman–Crippen MR) is 122 cm³/mol. The highest BCUT2D eigenvalue weighted by atomic mass is 32.2. The van der Waals surface area contributed by atoms with Gasteiger partial charge in [0.15, 0.2) is 0 Å². The Morgan fingerprint density at radius 1 is 1.12 bits per heavy atom. The number of sulfonamides is 1. The maximum atomic E-state index is 13.1. The van der Waals surface area contributed by atoms with E-state index in [1.807, 2.05) is 14.1 Å². The van der Waals surface area contributed by atoms with E-state index in [0.717, 1.165) is 51.4 Å². The number of carbonyl (C=O) groups is 1. The Morgan fingerprint density at radius 3 is 2.47 bits per heavy atom. The summed E-state index contributed by atoms with van der Waals surface area (Å²) >= 11 is 0. The van der Waals surface area contributed by atoms with Crippen molar-refractivity contribution < 1.29 is 22.3 Å². The van der Waals surface area contributed by atoms with Crippen molar-refractivity contribution in [3.63, 3.8) is 0 Å². The first kappa shape index (κ1) is 24.0. The van der Waals surface area contributed by atoms with Gasteiger partial charge in [-0.25, -0.2) is 12.8 Å². The van der Waals surface area contributed by atoms with E-state index in [9.17, 15) is 17.6 Å². The summed E-state index contributed by atoms with van der Waals surface area (Å²) < 4.78 is 46.1. The molecule has 8 nitrogen and oxygen atoms in total. The van der Waals surface area contributed by atoms with Crippen LogP contribution in [0.2, 0.25) is 0 Å². The monoisotopic (exact) mass is 464 g/mol. The fourth-order valence-electron chi connectivity index (χ4n) is 3.42. The minimum absolute atomic E-state index is 0.0651. The third-order valence-corrected chi connectivity index (χ3v) is 6.54. The SMILES string of the molecule is CN(C)c1ccc(NS(=O)(=O)c2ccc(F)cc2)cc1C(=O)NCCCN1CCOCC1. The number of nitrogens with zero attached hydrogens (tertiary/aromatic N) is 2. The van der Waals surface area contributed by atoms with E-state index in [4.69, 9.17) is 4.74 Å². The lowest BCUT2D eigenvalue weighted by Gasteiger charge is -2.26. The zero-order valence-corrected chi connectivity index (χ0v) is 19.1. The van der Waals surface area contributed by atoms with E-state index in [0.29, 0.717) is 17.8 Å². The zero-order valence-electron chi connectivity index (χ0n) is 18.3. The van der Waals surface area contributed by atoms with Gasteiger partial charge < -0.3 is 15.0 Å². The number of nitrogens with one attached hydrogen (secondary N) is 2. The van der Waals surface area contributed by atoms with Gasteiger partial charge in [0.2, 0.25) is 0 Å². The van der Waals surface area contributed by atoms with Crippen LogP contribution in [0.3, 0.4) is 0 Å². The summed E-state index contributed by atoms with van der Waals surface area (Å²) in [5.41, 5.74) is 1.28. The standard InChI is InChI=1S/C22H29FN4O4S/c1-26(2)21-9-6-18(25-32(29,30)19-7-4-17(23)5-8-19)16-20(21)22(28)24-10-3-11-27-12-14-31-15-13-27/h4-9,16,25H,3,10-15H2,1-2H3,(H,24,28). The molecule has 10 heteroatoms. The molecule has 0 aliphatic carbocycles. The Bertz CT molecular complexity index is 1020. The van der Waals surface area contributed by atoms with Crippen molar-refractivity contribution in [2.75, 3.05) is 63.1 Å². The second-order valence-electron chi connectivity index (χ2n) is 7.75. The molecule has 1 aliphatic rings. The van der Waals surface area contributed by atoms with Crippen molar-refractivity contribution in [3.05, 3.63) is 53.8 Å². The number of halogens is 1. The maximum absolute atomic E-state index is 13.1. The van der Waals surface area contributed by atoms with Gasteiger partial charge in [0.05, 0.1) is 23.7 Å². The van der Waals surface area contributed by atoms with Gasteiger partial charge in [-0.05, 0) is 55.4 Å². The molecule has 1 aliphatic heterocycles. The topological polar surface area (TPSA) is 91.0 Å². The Morgan fingerprint density at radius 2 is 1.81 bits per heavy atom. The van der Waals surface area contributed by atoms with Gasteiger partial charge in [-0.15, -0.1) is 0 Å². The maximum Gasteiger partial charge on any atom is 0.261 e. The molecule has 174 valence electrons. The Labute approximate surface area is 188 Å². The van der Waals surface area contributed by atoms with Crippen LogP contribution in [0.4, 0.5) is 15.8 Å². The summed E-state index contributed by atoms with van der Waals surface area (Å²) in [5.74, 6) is -0.801. The fourth-order valence-corrected chi connectivity index (χ4v) is 4.47. The van der Waals surface area contributed by atoms with Gasteiger partial charge in [-0.1, -0.05) is 0 Å². The third kappa shape index (κ3) is 6.41. The van der Waals surface area contributed by atoms with Gasteiger partial charge >= 0.3 is 0 Å². The van der Waals surface area contributed by atoms with E-state index in [1.54, 1.807) is 17.0 Å². The molecule has 0 unspecified atom stereocenters. The van der Waals surface area contributed by atoms with E-state index in [1.165, 1.54) is 18.2 Å². The second kappa shape index (κ2) is 10.8. The molecule has 0 aromatic heterocycles. The van der Waals surface area contributed by atoms with E-state index >= 15 is 0 Å². The molecule has 2 aromatic carbocycles. The molecule has 0 atom stereocenters. The molecule has 1 saturated heterocycles. The molecule has 32 heavy (non-hydrogen) atoms. The van der Waals surface area contributed by atoms with Gasteiger partial charge in [0.25, 0.3) is 15.9 Å². The Kier molecular flexibility index (Phi) is 8.05. The summed E-state index contributed by atoms with van der Waals surface area (Å²) in [7, 11) is -0.292. The highest BCUT2D eigenvalue weighted by molar-refractivity contribution is 7.92. The van der Waals surface area contributed by atoms with Crippen molar-refractivity contribution >= 4 is 27.3 Å². The minimum atomic E-state index is -3.92. The summed E-state index contributed by atoms with van der Waals surface area (Å²) in [5, 5.41) is 2.92. The van der Waals surface area contributed by atoms with Crippen LogP contribution < -0.4 is 14.9 Å². The van der Waals surface area contributed by atoms with Crippen molar-refractivity contribution in [1.82, 2.24) is 10.2 Å². The smallest absolute Gasteiger partial charge is 0.261 e. The predicted octanol–water partition coefficient (Wildman–Crippen LogP) is 2.14. The third-order valence-electron chi connectivity index (χ3n) is 5.14. The van der Waals surface area contributed by atoms with E-state index < -0.39 is 15.8 Å². The quantitative estimate of drug-likeness (QED) is 0.553. The number of amides is 1. The van der Waals surface area contributed by atoms with Crippen LogP contribution in [0, 0.1) is 5.82 Å². The number of carbonyl (C=O) groups excluding carboxylic acids is 1. The molecule has 0 bridgehead atoms. The fraction of sp³-hybridized carbons (Fsp3) is 0.409. The van der Waals surface area contributed by atoms with Crippen molar-refractivity contribution in [2.24, 2.45) is 0 Å². The number of anilines is 2. The number of benzene rings is 2. The average molecular weight is 465 g/mol. The largest absolute Gasteiger partial charge is 0.379 e.